The van der Waals surface area contributed by atoms with Crippen molar-refractivity contribution in [2.24, 2.45) is 10.7 Å². The van der Waals surface area contributed by atoms with Crippen molar-refractivity contribution in [2.45, 2.75) is 25.5 Å². The zero-order valence-electron chi connectivity index (χ0n) is 17.6. The SMILES string of the molecule is C[C@H]1COc2cc(C(=O)Nc3ccc(F)c([C@]4(C)CS(=O)(=O)N(C)C(N)=N4)c3)ncc2O1. The molecule has 0 fully saturated rings. The van der Waals surface area contributed by atoms with Crippen molar-refractivity contribution in [1.82, 2.24) is 9.29 Å². The minimum Gasteiger partial charge on any atom is -0.486 e. The summed E-state index contributed by atoms with van der Waals surface area (Å²) in [6, 6.07) is 5.28. The van der Waals surface area contributed by atoms with Crippen LogP contribution in [-0.2, 0) is 15.6 Å². The van der Waals surface area contributed by atoms with Gasteiger partial charge in [0.1, 0.15) is 29.8 Å². The number of rotatable bonds is 3. The van der Waals surface area contributed by atoms with E-state index in [0.29, 0.717) is 18.1 Å². The molecule has 0 radical (unpaired) electrons. The number of nitrogens with one attached hydrogen (secondary N) is 1. The smallest absolute Gasteiger partial charge is 0.274 e. The second-order valence-corrected chi connectivity index (χ2v) is 9.87. The van der Waals surface area contributed by atoms with Gasteiger partial charge in [0.05, 0.1) is 11.9 Å². The molecular weight excluding hydrogens is 441 g/mol. The van der Waals surface area contributed by atoms with E-state index in [9.17, 15) is 17.6 Å². The number of sulfonamides is 1. The van der Waals surface area contributed by atoms with Gasteiger partial charge >= 0.3 is 0 Å². The first-order valence-corrected chi connectivity index (χ1v) is 11.3. The first kappa shape index (κ1) is 21.8. The first-order chi connectivity index (χ1) is 15.0. The molecule has 10 nitrogen and oxygen atoms in total. The summed E-state index contributed by atoms with van der Waals surface area (Å²) in [5, 5.41) is 2.63. The highest BCUT2D eigenvalue weighted by Gasteiger charge is 2.41. The molecule has 32 heavy (non-hydrogen) atoms. The molecule has 0 bridgehead atoms. The van der Waals surface area contributed by atoms with Gasteiger partial charge in [0.25, 0.3) is 5.91 Å². The van der Waals surface area contributed by atoms with E-state index in [0.717, 1.165) is 10.4 Å². The maximum absolute atomic E-state index is 14.7. The van der Waals surface area contributed by atoms with Crippen LogP contribution in [0.3, 0.4) is 0 Å². The number of amides is 1. The average Bonchev–Trinajstić information content (AvgIpc) is 2.72. The standard InChI is InChI=1S/C20H22FN5O5S/c1-11-9-30-16-7-15(23-8-17(16)31-11)18(27)24-12-4-5-14(21)13(6-12)20(2)10-32(28,29)26(3)19(22)25-20/h4-8,11H,9-10H2,1-3H3,(H2,22,25)(H,24,27)/t11-,20-/m0/s1. The second kappa shape index (κ2) is 7.62. The number of hydrogen-bond donors (Lipinski definition) is 2. The van der Waals surface area contributed by atoms with Crippen LogP contribution >= 0.6 is 0 Å². The van der Waals surface area contributed by atoms with E-state index in [1.165, 1.54) is 38.4 Å². The molecule has 0 aliphatic carbocycles. The highest BCUT2D eigenvalue weighted by Crippen LogP contribution is 2.35. The summed E-state index contributed by atoms with van der Waals surface area (Å²) in [6.07, 6.45) is 1.28. The lowest BCUT2D eigenvalue weighted by Gasteiger charge is -2.34. The number of nitrogens with zero attached hydrogens (tertiary/aromatic N) is 3. The number of anilines is 1. The first-order valence-electron chi connectivity index (χ1n) is 9.71. The molecule has 0 unspecified atom stereocenters. The number of aromatic nitrogens is 1. The summed E-state index contributed by atoms with van der Waals surface area (Å²) in [7, 11) is -2.51. The highest BCUT2D eigenvalue weighted by molar-refractivity contribution is 7.89. The number of benzene rings is 1. The van der Waals surface area contributed by atoms with Gasteiger partial charge in [0.15, 0.2) is 11.5 Å². The Labute approximate surface area is 184 Å². The second-order valence-electron chi connectivity index (χ2n) is 7.87. The lowest BCUT2D eigenvalue weighted by molar-refractivity contribution is 0.0993. The molecule has 3 N–H and O–H groups in total. The van der Waals surface area contributed by atoms with Gasteiger partial charge in [-0.1, -0.05) is 0 Å². The molecule has 2 aromatic rings. The molecule has 4 rings (SSSR count). The van der Waals surface area contributed by atoms with Crippen LogP contribution < -0.4 is 20.5 Å². The Kier molecular flexibility index (Phi) is 5.19. The Balaban J connectivity index is 1.62. The Hall–Kier alpha value is -3.41. The number of fused-ring (bicyclic) bond motifs is 1. The normalized spacial score (nSPS) is 23.9. The van der Waals surface area contributed by atoms with Gasteiger partial charge in [0.2, 0.25) is 16.0 Å². The predicted octanol–water partition coefficient (Wildman–Crippen LogP) is 1.44. The lowest BCUT2D eigenvalue weighted by atomic mass is 9.93. The zero-order chi connectivity index (χ0) is 23.3. The Morgan fingerprint density at radius 2 is 2.09 bits per heavy atom. The van der Waals surface area contributed by atoms with Gasteiger partial charge < -0.3 is 20.5 Å². The van der Waals surface area contributed by atoms with Crippen molar-refractivity contribution in [3.8, 4) is 11.5 Å². The third-order valence-electron chi connectivity index (χ3n) is 5.24. The average molecular weight is 463 g/mol. The van der Waals surface area contributed by atoms with Crippen LogP contribution in [0.1, 0.15) is 29.9 Å². The molecule has 12 heteroatoms. The number of carbonyl (C=O) groups is 1. The molecule has 2 aliphatic heterocycles. The molecule has 0 saturated heterocycles. The predicted molar refractivity (Wildman–Crippen MR) is 115 cm³/mol. The van der Waals surface area contributed by atoms with Crippen molar-refractivity contribution >= 4 is 27.6 Å². The minimum atomic E-state index is -3.79. The number of nitrogens with two attached hydrogens (primary N) is 1. The maximum atomic E-state index is 14.7. The monoisotopic (exact) mass is 463 g/mol. The van der Waals surface area contributed by atoms with Crippen LogP contribution in [0.2, 0.25) is 0 Å². The van der Waals surface area contributed by atoms with Crippen LogP contribution in [-0.4, -0.2) is 55.1 Å². The van der Waals surface area contributed by atoms with E-state index in [2.05, 4.69) is 15.3 Å². The molecule has 1 amide bonds. The fourth-order valence-corrected chi connectivity index (χ4v) is 4.96. The zero-order valence-corrected chi connectivity index (χ0v) is 18.4. The number of halogens is 1. The summed E-state index contributed by atoms with van der Waals surface area (Å²) in [5.74, 6) is -1.12. The van der Waals surface area contributed by atoms with E-state index in [4.69, 9.17) is 15.2 Å². The van der Waals surface area contributed by atoms with Crippen LogP contribution in [0.5, 0.6) is 11.5 Å². The van der Waals surface area contributed by atoms with E-state index >= 15 is 0 Å². The Morgan fingerprint density at radius 3 is 2.81 bits per heavy atom. The third kappa shape index (κ3) is 3.93. The molecule has 3 heterocycles. The van der Waals surface area contributed by atoms with E-state index < -0.39 is 33.0 Å². The Bertz CT molecular complexity index is 1230. The van der Waals surface area contributed by atoms with Crippen molar-refractivity contribution in [1.29, 1.82) is 0 Å². The fourth-order valence-electron chi connectivity index (χ4n) is 3.51. The number of pyridine rings is 1. The van der Waals surface area contributed by atoms with Gasteiger partial charge in [0, 0.05) is 24.4 Å². The summed E-state index contributed by atoms with van der Waals surface area (Å²) < 4.78 is 51.5. The molecule has 0 saturated carbocycles. The number of guanidine groups is 1. The quantitative estimate of drug-likeness (QED) is 0.703. The maximum Gasteiger partial charge on any atom is 0.274 e. The van der Waals surface area contributed by atoms with Gasteiger partial charge in [-0.05, 0) is 32.0 Å². The van der Waals surface area contributed by atoms with Crippen LogP contribution in [0.15, 0.2) is 35.5 Å². The highest BCUT2D eigenvalue weighted by atomic mass is 32.2. The topological polar surface area (TPSA) is 136 Å². The lowest BCUT2D eigenvalue weighted by Crippen LogP contribution is -2.50. The molecule has 2 atom stereocenters. The number of carbonyl (C=O) groups excluding carboxylic acids is 1. The van der Waals surface area contributed by atoms with Crippen molar-refractivity contribution in [3.05, 3.63) is 47.5 Å². The molecule has 1 aromatic carbocycles. The number of hydrogen-bond acceptors (Lipinski definition) is 8. The molecule has 0 spiro atoms. The van der Waals surface area contributed by atoms with E-state index in [1.54, 1.807) is 0 Å². The largest absolute Gasteiger partial charge is 0.486 e. The van der Waals surface area contributed by atoms with Crippen LogP contribution in [0.25, 0.3) is 0 Å². The summed E-state index contributed by atoms with van der Waals surface area (Å²) in [5.41, 5.74) is 4.58. The molecule has 1 aromatic heterocycles. The van der Waals surface area contributed by atoms with Crippen molar-refractivity contribution in [3.63, 3.8) is 0 Å². The van der Waals surface area contributed by atoms with Gasteiger partial charge in [-0.2, -0.15) is 0 Å². The fraction of sp³-hybridized carbons (Fsp3) is 0.350. The number of aliphatic imine (C=N–C) groups is 1. The van der Waals surface area contributed by atoms with Gasteiger partial charge in [-0.15, -0.1) is 0 Å². The van der Waals surface area contributed by atoms with E-state index in [1.807, 2.05) is 6.92 Å². The van der Waals surface area contributed by atoms with Crippen LogP contribution in [0, 0.1) is 5.82 Å². The summed E-state index contributed by atoms with van der Waals surface area (Å²) in [4.78, 5) is 21.0. The third-order valence-corrected chi connectivity index (χ3v) is 7.18. The van der Waals surface area contributed by atoms with Gasteiger partial charge in [-0.25, -0.2) is 27.1 Å². The van der Waals surface area contributed by atoms with Crippen molar-refractivity contribution in [2.75, 3.05) is 24.7 Å². The summed E-state index contributed by atoms with van der Waals surface area (Å²) >= 11 is 0. The minimum absolute atomic E-state index is 0.0148. The molecule has 2 aliphatic rings. The van der Waals surface area contributed by atoms with Crippen LogP contribution in [0.4, 0.5) is 10.1 Å². The van der Waals surface area contributed by atoms with E-state index in [-0.39, 0.29) is 29.0 Å². The summed E-state index contributed by atoms with van der Waals surface area (Å²) in [6.45, 7) is 3.67. The van der Waals surface area contributed by atoms with Gasteiger partial charge in [-0.3, -0.25) is 4.79 Å². The Morgan fingerprint density at radius 1 is 1.34 bits per heavy atom. The number of ether oxygens (including phenoxy) is 2. The molecule has 170 valence electrons. The van der Waals surface area contributed by atoms with Crippen molar-refractivity contribution < 1.29 is 27.1 Å². The molecular formula is C20H22FN5O5S.